The van der Waals surface area contributed by atoms with Crippen LogP contribution in [0.15, 0.2) is 59.0 Å². The maximum absolute atomic E-state index is 12.2. The highest BCUT2D eigenvalue weighted by Gasteiger charge is 2.24. The Bertz CT molecular complexity index is 1500. The molecule has 0 saturated carbocycles. The third-order valence-corrected chi connectivity index (χ3v) is 6.71. The van der Waals surface area contributed by atoms with Crippen molar-refractivity contribution in [3.05, 3.63) is 71.1 Å². The minimum Gasteiger partial charge on any atom is -1.00 e. The molecule has 4 rings (SSSR count). The molecule has 1 heterocycles. The zero-order valence-electron chi connectivity index (χ0n) is 21.4. The number of nitrogens with zero attached hydrogens (tertiary/aromatic N) is 2. The fraction of sp³-hybridized carbons (Fsp3) is 0.276. The molecular formula is C29H31ClN2O5. The van der Waals surface area contributed by atoms with Gasteiger partial charge in [-0.05, 0) is 69.7 Å². The second-order valence-corrected chi connectivity index (χ2v) is 8.55. The third-order valence-electron chi connectivity index (χ3n) is 6.71. The molecule has 0 atom stereocenters. The van der Waals surface area contributed by atoms with E-state index in [2.05, 4.69) is 37.2 Å². The van der Waals surface area contributed by atoms with Crippen LogP contribution in [0.25, 0.3) is 33.4 Å². The van der Waals surface area contributed by atoms with Gasteiger partial charge in [0.15, 0.2) is 0 Å². The van der Waals surface area contributed by atoms with Gasteiger partial charge in [0.25, 0.3) is 0 Å². The first-order valence-electron chi connectivity index (χ1n) is 12.3. The first kappa shape index (κ1) is 27.7. The Morgan fingerprint density at radius 1 is 0.838 bits per heavy atom. The van der Waals surface area contributed by atoms with Crippen LogP contribution in [0.2, 0.25) is 0 Å². The van der Waals surface area contributed by atoms with Gasteiger partial charge >= 0.3 is 11.9 Å². The number of hydrogen-bond acceptors (Lipinski definition) is 4. The van der Waals surface area contributed by atoms with E-state index in [1.165, 1.54) is 18.2 Å². The summed E-state index contributed by atoms with van der Waals surface area (Å²) >= 11 is 0. The molecule has 0 fully saturated rings. The maximum atomic E-state index is 12.2. The van der Waals surface area contributed by atoms with Crippen molar-refractivity contribution in [3.8, 4) is 22.5 Å². The van der Waals surface area contributed by atoms with E-state index in [1.807, 2.05) is 36.4 Å². The number of hydrogen-bond donors (Lipinski definition) is 2. The number of rotatable bonds is 8. The molecule has 0 spiro atoms. The molecule has 2 N–H and O–H groups in total. The maximum Gasteiger partial charge on any atom is 0.336 e. The summed E-state index contributed by atoms with van der Waals surface area (Å²) in [6, 6.07) is 15.9. The molecular weight excluding hydrogens is 492 g/mol. The molecule has 0 amide bonds. The summed E-state index contributed by atoms with van der Waals surface area (Å²) in [5.74, 6) is -1.63. The van der Waals surface area contributed by atoms with E-state index >= 15 is 0 Å². The van der Waals surface area contributed by atoms with Crippen LogP contribution >= 0.6 is 0 Å². The molecule has 0 unspecified atom stereocenters. The summed E-state index contributed by atoms with van der Waals surface area (Å²) in [7, 11) is 0. The lowest BCUT2D eigenvalue weighted by atomic mass is 9.89. The van der Waals surface area contributed by atoms with Gasteiger partial charge in [-0.1, -0.05) is 0 Å². The highest BCUT2D eigenvalue weighted by molar-refractivity contribution is 6.09. The summed E-state index contributed by atoms with van der Waals surface area (Å²) in [4.78, 5) is 26.2. The fourth-order valence-electron chi connectivity index (χ4n) is 4.80. The van der Waals surface area contributed by atoms with Crippen molar-refractivity contribution in [1.82, 2.24) is 4.58 Å². The molecule has 0 radical (unpaired) electrons. The van der Waals surface area contributed by atoms with E-state index in [1.54, 1.807) is 0 Å². The number of halogens is 1. The largest absolute Gasteiger partial charge is 1.00 e. The Morgan fingerprint density at radius 2 is 1.54 bits per heavy atom. The average Bonchev–Trinajstić information content (AvgIpc) is 2.88. The van der Waals surface area contributed by atoms with Crippen LogP contribution in [-0.4, -0.2) is 48.3 Å². The standard InChI is InChI=1S/C29H30N2O5.ClH/c1-5-30(6-2)19-10-13-22-25(16-19)36-26-17-20(31(7-3)8-4)11-14-23(26)27(22)24-15-18(28(32)33)9-12-21(24)29(34)35;/h9-17H,5-8H2,1-4H3,(H-,32,33,34,35);1H. The van der Waals surface area contributed by atoms with E-state index in [0.717, 1.165) is 48.2 Å². The monoisotopic (exact) mass is 522 g/mol. The van der Waals surface area contributed by atoms with Crippen molar-refractivity contribution in [2.45, 2.75) is 27.7 Å². The first-order chi connectivity index (χ1) is 17.3. The van der Waals surface area contributed by atoms with Crippen LogP contribution in [0.1, 0.15) is 48.4 Å². The molecule has 0 bridgehead atoms. The highest BCUT2D eigenvalue weighted by Crippen LogP contribution is 2.42. The molecule has 8 heteroatoms. The van der Waals surface area contributed by atoms with Crippen molar-refractivity contribution in [1.29, 1.82) is 0 Å². The Labute approximate surface area is 222 Å². The van der Waals surface area contributed by atoms with Crippen LogP contribution in [0.3, 0.4) is 0 Å². The van der Waals surface area contributed by atoms with Crippen molar-refractivity contribution in [3.63, 3.8) is 0 Å². The SMILES string of the molecule is CCN(CC)c1ccc2c(-c3cc(C(=O)O)ccc3C(=O)O)c3ccc(=[N+](CC)CC)cc-3oc2c1.[Cl-]. The van der Waals surface area contributed by atoms with Gasteiger partial charge in [0.2, 0.25) is 5.36 Å². The van der Waals surface area contributed by atoms with Crippen molar-refractivity contribution < 1.29 is 36.6 Å². The van der Waals surface area contributed by atoms with Gasteiger partial charge < -0.3 is 31.9 Å². The topological polar surface area (TPSA) is 94.0 Å². The van der Waals surface area contributed by atoms with Gasteiger partial charge in [-0.25, -0.2) is 14.2 Å². The number of carboxylic acid groups (broad SMARTS) is 2. The van der Waals surface area contributed by atoms with Gasteiger partial charge in [-0.2, -0.15) is 0 Å². The van der Waals surface area contributed by atoms with Crippen LogP contribution < -0.4 is 27.2 Å². The van der Waals surface area contributed by atoms with Gasteiger partial charge in [0, 0.05) is 47.4 Å². The smallest absolute Gasteiger partial charge is 0.336 e. The predicted octanol–water partition coefficient (Wildman–Crippen LogP) is 2.26. The zero-order valence-corrected chi connectivity index (χ0v) is 22.2. The van der Waals surface area contributed by atoms with Crippen LogP contribution in [-0.2, 0) is 0 Å². The molecule has 194 valence electrons. The Kier molecular flexibility index (Phi) is 8.61. The number of aromatic carboxylic acids is 2. The summed E-state index contributed by atoms with van der Waals surface area (Å²) in [5, 5.41) is 21.3. The van der Waals surface area contributed by atoms with E-state index in [9.17, 15) is 19.8 Å². The van der Waals surface area contributed by atoms with Crippen LogP contribution in [0.4, 0.5) is 5.69 Å². The number of anilines is 1. The lowest BCUT2D eigenvalue weighted by Crippen LogP contribution is -3.00. The first-order valence-corrected chi connectivity index (χ1v) is 12.3. The van der Waals surface area contributed by atoms with Crippen LogP contribution in [0.5, 0.6) is 0 Å². The van der Waals surface area contributed by atoms with Crippen molar-refractivity contribution >= 4 is 28.6 Å². The van der Waals surface area contributed by atoms with Gasteiger partial charge in [-0.3, -0.25) is 0 Å². The second kappa shape index (κ2) is 11.5. The number of carboxylic acids is 2. The Morgan fingerprint density at radius 3 is 2.14 bits per heavy atom. The summed E-state index contributed by atoms with van der Waals surface area (Å²) < 4.78 is 8.64. The molecule has 7 nitrogen and oxygen atoms in total. The van der Waals surface area contributed by atoms with Crippen molar-refractivity contribution in [2.75, 3.05) is 31.1 Å². The predicted molar refractivity (Wildman–Crippen MR) is 142 cm³/mol. The Balaban J connectivity index is 0.00000380. The summed E-state index contributed by atoms with van der Waals surface area (Å²) in [6.07, 6.45) is 0. The molecule has 2 aromatic rings. The molecule has 0 saturated heterocycles. The van der Waals surface area contributed by atoms with Gasteiger partial charge in [0.1, 0.15) is 24.4 Å². The second-order valence-electron chi connectivity index (χ2n) is 8.55. The molecule has 2 aromatic carbocycles. The summed E-state index contributed by atoms with van der Waals surface area (Å²) in [6.45, 7) is 11.7. The number of carbonyl (C=O) groups is 2. The van der Waals surface area contributed by atoms with Gasteiger partial charge in [0.05, 0.1) is 17.2 Å². The number of fused-ring (bicyclic) bond motifs is 2. The third kappa shape index (κ3) is 5.18. The lowest BCUT2D eigenvalue weighted by Gasteiger charge is -2.22. The quantitative estimate of drug-likeness (QED) is 0.272. The summed E-state index contributed by atoms with van der Waals surface area (Å²) in [5.41, 5.74) is 3.38. The molecule has 0 aromatic heterocycles. The van der Waals surface area contributed by atoms with Crippen LogP contribution in [0, 0.1) is 0 Å². The zero-order chi connectivity index (χ0) is 26.0. The van der Waals surface area contributed by atoms with E-state index < -0.39 is 11.9 Å². The normalized spacial score (nSPS) is 10.8. The molecule has 1 aliphatic heterocycles. The van der Waals surface area contributed by atoms with Gasteiger partial charge in [-0.15, -0.1) is 0 Å². The van der Waals surface area contributed by atoms with E-state index in [4.69, 9.17) is 4.42 Å². The minimum atomic E-state index is -1.12. The Hall–Kier alpha value is -3.84. The minimum absolute atomic E-state index is 0. The lowest BCUT2D eigenvalue weighted by molar-refractivity contribution is -0.0000381. The number of benzene rings is 3. The molecule has 1 aliphatic carbocycles. The molecule has 37 heavy (non-hydrogen) atoms. The highest BCUT2D eigenvalue weighted by atomic mass is 35.5. The average molecular weight is 523 g/mol. The van der Waals surface area contributed by atoms with E-state index in [0.29, 0.717) is 22.5 Å². The fourth-order valence-corrected chi connectivity index (χ4v) is 4.80. The molecule has 2 aliphatic rings. The van der Waals surface area contributed by atoms with Crippen molar-refractivity contribution in [2.24, 2.45) is 0 Å². The van der Waals surface area contributed by atoms with E-state index in [-0.39, 0.29) is 23.5 Å².